The number of halogens is 4. The van der Waals surface area contributed by atoms with Crippen molar-refractivity contribution in [2.75, 3.05) is 40.4 Å². The molecule has 2 unspecified atom stereocenters. The Morgan fingerprint density at radius 1 is 1.02 bits per heavy atom. The highest BCUT2D eigenvalue weighted by molar-refractivity contribution is 6.31. The van der Waals surface area contributed by atoms with E-state index in [1.807, 2.05) is 11.9 Å². The van der Waals surface area contributed by atoms with Crippen LogP contribution < -0.4 is 0 Å². The molecule has 0 spiro atoms. The summed E-state index contributed by atoms with van der Waals surface area (Å²) in [4.78, 5) is 30.5. The predicted octanol–water partition coefficient (Wildman–Crippen LogP) is 7.09. The second-order valence-corrected chi connectivity index (χ2v) is 12.8. The Morgan fingerprint density at radius 2 is 1.61 bits per heavy atom. The minimum Gasteiger partial charge on any atom is -0.466 e. The van der Waals surface area contributed by atoms with Crippen LogP contribution in [0.3, 0.4) is 0 Å². The number of rotatable bonds is 10. The Kier molecular flexibility index (Phi) is 9.83. The number of aliphatic hydroxyl groups is 1. The number of ether oxygens (including phenoxy) is 2. The Hall–Kier alpha value is -3.08. The minimum absolute atomic E-state index is 0.0129. The van der Waals surface area contributed by atoms with Crippen LogP contribution in [0.25, 0.3) is 11.1 Å². The van der Waals surface area contributed by atoms with Crippen molar-refractivity contribution in [3.8, 4) is 11.1 Å². The molecule has 3 aromatic rings. The van der Waals surface area contributed by atoms with Crippen molar-refractivity contribution in [2.45, 2.75) is 56.5 Å². The number of alkyl halides is 1. The summed E-state index contributed by atoms with van der Waals surface area (Å²) in [6, 6.07) is 14.1. The molecule has 1 fully saturated rings. The standard InChI is InChI=1S/C35H38Cl2F2N2O5/c1-5-34(44,33(39)16-19-40(3)20-17-33)26-21-27(38)31-30(29(26)22-7-11-24(36)12-8-22)32(43)41(18-15-28(42)46-6-2)35(31,45-4)23-9-13-25(37)14-10-23/h7-14,21,44H,5-6,15-20H2,1-4H3. The Bertz CT molecular complexity index is 1610. The van der Waals surface area contributed by atoms with E-state index in [0.29, 0.717) is 34.3 Å². The highest BCUT2D eigenvalue weighted by atomic mass is 35.5. The van der Waals surface area contributed by atoms with Crippen LogP contribution in [-0.2, 0) is 25.6 Å². The Morgan fingerprint density at radius 3 is 2.15 bits per heavy atom. The molecule has 0 radical (unpaired) electrons. The van der Waals surface area contributed by atoms with Gasteiger partial charge in [0, 0.05) is 47.9 Å². The summed E-state index contributed by atoms with van der Waals surface area (Å²) in [5, 5.41) is 13.2. The summed E-state index contributed by atoms with van der Waals surface area (Å²) in [6.07, 6.45) is -0.256. The first-order chi connectivity index (χ1) is 21.9. The molecule has 0 bridgehead atoms. The van der Waals surface area contributed by atoms with Crippen LogP contribution in [0.2, 0.25) is 10.0 Å². The molecule has 2 aliphatic heterocycles. The molecule has 1 N–H and O–H groups in total. The summed E-state index contributed by atoms with van der Waals surface area (Å²) >= 11 is 12.4. The number of carbonyl (C=O) groups is 2. The van der Waals surface area contributed by atoms with Gasteiger partial charge in [-0.25, -0.2) is 8.78 Å². The average Bonchev–Trinajstić information content (AvgIpc) is 3.30. The number of fused-ring (bicyclic) bond motifs is 1. The third-order valence-electron chi connectivity index (χ3n) is 9.44. The van der Waals surface area contributed by atoms with Crippen molar-refractivity contribution in [2.24, 2.45) is 0 Å². The molecule has 0 aromatic heterocycles. The number of amides is 1. The van der Waals surface area contributed by atoms with Crippen molar-refractivity contribution in [3.63, 3.8) is 0 Å². The van der Waals surface area contributed by atoms with Crippen molar-refractivity contribution < 1.29 is 33.0 Å². The van der Waals surface area contributed by atoms with Crippen LogP contribution in [0.1, 0.15) is 66.6 Å². The molecule has 0 aliphatic carbocycles. The van der Waals surface area contributed by atoms with Gasteiger partial charge in [-0.3, -0.25) is 9.59 Å². The molecule has 3 aromatic carbocycles. The van der Waals surface area contributed by atoms with Crippen LogP contribution >= 0.6 is 23.2 Å². The maximum Gasteiger partial charge on any atom is 0.307 e. The fourth-order valence-electron chi connectivity index (χ4n) is 6.99. The van der Waals surface area contributed by atoms with Gasteiger partial charge in [-0.15, -0.1) is 0 Å². The summed E-state index contributed by atoms with van der Waals surface area (Å²) in [5.74, 6) is -2.07. The maximum absolute atomic E-state index is 17.1. The molecular weight excluding hydrogens is 637 g/mol. The third-order valence-corrected chi connectivity index (χ3v) is 9.95. The number of hydrogen-bond donors (Lipinski definition) is 1. The molecule has 7 nitrogen and oxygen atoms in total. The smallest absolute Gasteiger partial charge is 0.307 e. The van der Waals surface area contributed by atoms with Crippen molar-refractivity contribution >= 4 is 35.1 Å². The molecule has 2 aliphatic rings. The van der Waals surface area contributed by atoms with Crippen LogP contribution in [0, 0.1) is 5.82 Å². The number of esters is 1. The predicted molar refractivity (Wildman–Crippen MR) is 173 cm³/mol. The largest absolute Gasteiger partial charge is 0.466 e. The lowest BCUT2D eigenvalue weighted by molar-refractivity contribution is -0.144. The first-order valence-corrected chi connectivity index (χ1v) is 16.1. The van der Waals surface area contributed by atoms with Gasteiger partial charge in [0.25, 0.3) is 5.91 Å². The fraction of sp³-hybridized carbons (Fsp3) is 0.429. The third kappa shape index (κ3) is 5.60. The van der Waals surface area contributed by atoms with Gasteiger partial charge in [-0.05, 0) is 74.7 Å². The molecule has 11 heteroatoms. The van der Waals surface area contributed by atoms with E-state index in [9.17, 15) is 14.7 Å². The molecule has 0 saturated carbocycles. The molecule has 5 rings (SSSR count). The van der Waals surface area contributed by atoms with Gasteiger partial charge >= 0.3 is 5.97 Å². The number of hydrogen-bond acceptors (Lipinski definition) is 6. The van der Waals surface area contributed by atoms with Gasteiger partial charge in [-0.2, -0.15) is 0 Å². The number of likely N-dealkylation sites (tertiary alicyclic amines) is 1. The summed E-state index contributed by atoms with van der Waals surface area (Å²) in [5.41, 5.74) is -5.37. The van der Waals surface area contributed by atoms with Crippen LogP contribution in [0.5, 0.6) is 0 Å². The Balaban J connectivity index is 1.85. The zero-order valence-corrected chi connectivity index (χ0v) is 27.9. The molecule has 2 heterocycles. The second-order valence-electron chi connectivity index (χ2n) is 11.9. The van der Waals surface area contributed by atoms with Gasteiger partial charge in [0.2, 0.25) is 0 Å². The number of benzene rings is 3. The number of carbonyl (C=O) groups excluding carboxylic acids is 2. The zero-order chi connectivity index (χ0) is 33.4. The Labute approximate surface area is 278 Å². The van der Waals surface area contributed by atoms with E-state index in [0.717, 1.165) is 6.07 Å². The van der Waals surface area contributed by atoms with Gasteiger partial charge in [-0.1, -0.05) is 54.4 Å². The topological polar surface area (TPSA) is 79.3 Å². The van der Waals surface area contributed by atoms with E-state index in [4.69, 9.17) is 32.7 Å². The lowest BCUT2D eigenvalue weighted by atomic mass is 9.69. The van der Waals surface area contributed by atoms with E-state index in [1.165, 1.54) is 12.0 Å². The summed E-state index contributed by atoms with van der Waals surface area (Å²) in [7, 11) is 3.23. The first kappa shape index (κ1) is 34.3. The molecular formula is C35H38Cl2F2N2O5. The molecule has 46 heavy (non-hydrogen) atoms. The van der Waals surface area contributed by atoms with E-state index in [2.05, 4.69) is 0 Å². The quantitative estimate of drug-likeness (QED) is 0.232. The van der Waals surface area contributed by atoms with Gasteiger partial charge < -0.3 is 24.4 Å². The normalized spacial score (nSPS) is 20.8. The minimum atomic E-state index is -2.16. The van der Waals surface area contributed by atoms with Crippen molar-refractivity contribution in [3.05, 3.63) is 92.7 Å². The zero-order valence-electron chi connectivity index (χ0n) is 26.3. The van der Waals surface area contributed by atoms with Gasteiger partial charge in [0.15, 0.2) is 5.72 Å². The number of methoxy groups -OCH3 is 1. The summed E-state index contributed by atoms with van der Waals surface area (Å²) < 4.78 is 45.4. The number of piperidine rings is 1. The SMILES string of the molecule is CCOC(=O)CCN1C(=O)c2c(-c3ccc(Cl)cc3)c(C(O)(CC)C3(F)CCN(C)CC3)cc(F)c2C1(OC)c1ccc(Cl)cc1. The highest BCUT2D eigenvalue weighted by Gasteiger charge is 2.58. The first-order valence-electron chi connectivity index (χ1n) is 15.4. The summed E-state index contributed by atoms with van der Waals surface area (Å²) in [6.45, 7) is 4.08. The molecule has 2 atom stereocenters. The van der Waals surface area contributed by atoms with Crippen LogP contribution in [-0.4, -0.2) is 72.9 Å². The van der Waals surface area contributed by atoms with Crippen LogP contribution in [0.4, 0.5) is 8.78 Å². The molecule has 246 valence electrons. The van der Waals surface area contributed by atoms with Gasteiger partial charge in [0.1, 0.15) is 17.1 Å². The lowest BCUT2D eigenvalue weighted by Crippen LogP contribution is -2.54. The van der Waals surface area contributed by atoms with Gasteiger partial charge in [0.05, 0.1) is 24.2 Å². The van der Waals surface area contributed by atoms with E-state index in [-0.39, 0.29) is 61.1 Å². The van der Waals surface area contributed by atoms with Crippen molar-refractivity contribution in [1.82, 2.24) is 9.80 Å². The molecule has 1 saturated heterocycles. The average molecular weight is 676 g/mol. The van der Waals surface area contributed by atoms with Crippen LogP contribution in [0.15, 0.2) is 54.6 Å². The second kappa shape index (κ2) is 13.2. The highest BCUT2D eigenvalue weighted by Crippen LogP contribution is 2.55. The van der Waals surface area contributed by atoms with E-state index in [1.54, 1.807) is 62.4 Å². The fourth-order valence-corrected chi connectivity index (χ4v) is 7.24. The monoisotopic (exact) mass is 674 g/mol. The maximum atomic E-state index is 17.1. The van der Waals surface area contributed by atoms with Crippen molar-refractivity contribution in [1.29, 1.82) is 0 Å². The van der Waals surface area contributed by atoms with E-state index < -0.39 is 34.7 Å². The lowest BCUT2D eigenvalue weighted by Gasteiger charge is -2.46. The number of nitrogens with zero attached hydrogens (tertiary/aromatic N) is 2. The van der Waals surface area contributed by atoms with E-state index >= 15 is 8.78 Å². The molecule has 1 amide bonds.